The van der Waals surface area contributed by atoms with Gasteiger partial charge >= 0.3 is 12.0 Å². The van der Waals surface area contributed by atoms with Crippen molar-refractivity contribution in [2.75, 3.05) is 0 Å². The van der Waals surface area contributed by atoms with Crippen molar-refractivity contribution in [1.82, 2.24) is 20.4 Å². The highest BCUT2D eigenvalue weighted by Gasteiger charge is 2.11. The average Bonchev–Trinajstić information content (AvgIpc) is 2.59. The number of amides is 3. The van der Waals surface area contributed by atoms with E-state index in [0.29, 0.717) is 6.08 Å². The molecule has 3 N–H and O–H groups in total. The van der Waals surface area contributed by atoms with Gasteiger partial charge in [0.05, 0.1) is 5.69 Å². The highest BCUT2D eigenvalue weighted by Crippen LogP contribution is 2.10. The van der Waals surface area contributed by atoms with E-state index in [2.05, 4.69) is 10.4 Å². The Hall–Kier alpha value is -2.64. The number of carbonyl (C=O) groups excluding carboxylic acids is 2. The molecular weight excluding hydrogens is 264 g/mol. The maximum atomic E-state index is 11.4. The Morgan fingerprint density at radius 3 is 2.45 bits per heavy atom. The summed E-state index contributed by atoms with van der Waals surface area (Å²) < 4.78 is 1.70. The van der Waals surface area contributed by atoms with Gasteiger partial charge in [0.2, 0.25) is 0 Å². The number of aromatic nitrogens is 2. The van der Waals surface area contributed by atoms with Crippen LogP contribution in [0.25, 0.3) is 0 Å². The molecule has 0 spiro atoms. The molecule has 20 heavy (non-hydrogen) atoms. The Bertz CT molecular complexity index is 574. The van der Waals surface area contributed by atoms with Crippen LogP contribution in [-0.4, -0.2) is 32.8 Å². The number of nitrogens with zero attached hydrogens (tertiary/aromatic N) is 2. The number of urea groups is 1. The minimum absolute atomic E-state index is 0.229. The van der Waals surface area contributed by atoms with Crippen molar-refractivity contribution >= 4 is 17.9 Å². The van der Waals surface area contributed by atoms with Gasteiger partial charge in [0.25, 0.3) is 5.91 Å². The van der Waals surface area contributed by atoms with E-state index in [1.807, 2.05) is 19.2 Å². The number of carboxylic acids is 1. The lowest BCUT2D eigenvalue weighted by atomic mass is 10.2. The first-order valence-corrected chi connectivity index (χ1v) is 5.80. The van der Waals surface area contributed by atoms with E-state index in [1.165, 1.54) is 0 Å². The van der Waals surface area contributed by atoms with Gasteiger partial charge in [0.15, 0.2) is 0 Å². The van der Waals surface area contributed by atoms with Crippen LogP contribution in [-0.2, 0) is 23.2 Å². The minimum atomic E-state index is -1.26. The lowest BCUT2D eigenvalue weighted by Gasteiger charge is -2.05. The average molecular weight is 280 g/mol. The molecular formula is C12H16N4O4. The third kappa shape index (κ3) is 4.23. The van der Waals surface area contributed by atoms with Crippen molar-refractivity contribution in [2.24, 2.45) is 7.05 Å². The summed E-state index contributed by atoms with van der Waals surface area (Å²) in [4.78, 5) is 32.8. The Morgan fingerprint density at radius 2 is 1.95 bits per heavy atom. The molecule has 1 aromatic heterocycles. The first-order valence-electron chi connectivity index (χ1n) is 5.80. The number of hydrogen-bond acceptors (Lipinski definition) is 4. The van der Waals surface area contributed by atoms with Gasteiger partial charge in [-0.2, -0.15) is 5.10 Å². The zero-order valence-electron chi connectivity index (χ0n) is 11.4. The van der Waals surface area contributed by atoms with Crippen LogP contribution >= 0.6 is 0 Å². The summed E-state index contributed by atoms with van der Waals surface area (Å²) in [7, 11) is 1.80. The van der Waals surface area contributed by atoms with Crippen LogP contribution in [0, 0.1) is 13.8 Å². The van der Waals surface area contributed by atoms with E-state index in [0.717, 1.165) is 23.0 Å². The molecule has 0 aliphatic heterocycles. The zero-order chi connectivity index (χ0) is 15.3. The number of carboxylic acid groups (broad SMARTS) is 1. The van der Waals surface area contributed by atoms with Crippen molar-refractivity contribution in [3.63, 3.8) is 0 Å². The van der Waals surface area contributed by atoms with E-state index >= 15 is 0 Å². The zero-order valence-corrected chi connectivity index (χ0v) is 11.4. The second-order valence-electron chi connectivity index (χ2n) is 4.12. The Balaban J connectivity index is 2.52. The standard InChI is InChI=1S/C12H16N4O4/c1-7-9(8(2)16(3)15-7)6-13-12(20)14-10(17)4-5-11(18)19/h4-5H,6H2,1-3H3,(H,18,19)(H2,13,14,17,20). The van der Waals surface area contributed by atoms with Crippen LogP contribution in [0.4, 0.5) is 4.79 Å². The van der Waals surface area contributed by atoms with Gasteiger partial charge in [-0.05, 0) is 13.8 Å². The molecule has 1 heterocycles. The minimum Gasteiger partial charge on any atom is -0.478 e. The second kappa shape index (κ2) is 6.50. The molecule has 0 aliphatic carbocycles. The lowest BCUT2D eigenvalue weighted by Crippen LogP contribution is -2.38. The molecule has 0 saturated carbocycles. The summed E-state index contributed by atoms with van der Waals surface area (Å²) in [6, 6.07) is -0.701. The number of rotatable bonds is 4. The first-order chi connectivity index (χ1) is 9.31. The Morgan fingerprint density at radius 1 is 1.30 bits per heavy atom. The Labute approximate surface area is 115 Å². The molecule has 108 valence electrons. The van der Waals surface area contributed by atoms with E-state index in [1.54, 1.807) is 11.7 Å². The number of imide groups is 1. The number of hydrogen-bond donors (Lipinski definition) is 3. The normalized spacial score (nSPS) is 10.6. The number of aliphatic carboxylic acids is 1. The van der Waals surface area contributed by atoms with E-state index in [4.69, 9.17) is 5.11 Å². The van der Waals surface area contributed by atoms with E-state index < -0.39 is 17.9 Å². The van der Waals surface area contributed by atoms with Crippen LogP contribution in [0.5, 0.6) is 0 Å². The van der Waals surface area contributed by atoms with Gasteiger partial charge in [-0.3, -0.25) is 14.8 Å². The molecule has 8 heteroatoms. The monoisotopic (exact) mass is 280 g/mol. The topological polar surface area (TPSA) is 113 Å². The van der Waals surface area contributed by atoms with Gasteiger partial charge in [0.1, 0.15) is 0 Å². The fraction of sp³-hybridized carbons (Fsp3) is 0.333. The molecule has 0 atom stereocenters. The third-order valence-corrected chi connectivity index (χ3v) is 2.70. The second-order valence-corrected chi connectivity index (χ2v) is 4.12. The molecule has 0 aromatic carbocycles. The predicted molar refractivity (Wildman–Crippen MR) is 69.8 cm³/mol. The summed E-state index contributed by atoms with van der Waals surface area (Å²) in [6.07, 6.45) is 1.42. The largest absolute Gasteiger partial charge is 0.478 e. The smallest absolute Gasteiger partial charge is 0.328 e. The number of carbonyl (C=O) groups is 3. The fourth-order valence-electron chi connectivity index (χ4n) is 1.59. The van der Waals surface area contributed by atoms with Gasteiger partial charge < -0.3 is 10.4 Å². The Kier molecular flexibility index (Phi) is 5.01. The van der Waals surface area contributed by atoms with Crippen LogP contribution in [0.3, 0.4) is 0 Å². The van der Waals surface area contributed by atoms with Crippen LogP contribution in [0.2, 0.25) is 0 Å². The summed E-state index contributed by atoms with van der Waals surface area (Å²) in [5, 5.41) is 17.0. The van der Waals surface area contributed by atoms with Crippen molar-refractivity contribution in [3.8, 4) is 0 Å². The molecule has 8 nitrogen and oxygen atoms in total. The summed E-state index contributed by atoms with van der Waals surface area (Å²) in [6.45, 7) is 3.92. The molecule has 0 fully saturated rings. The molecule has 0 saturated heterocycles. The van der Waals surface area contributed by atoms with Gasteiger partial charge in [-0.1, -0.05) is 0 Å². The van der Waals surface area contributed by atoms with Gasteiger partial charge in [-0.15, -0.1) is 0 Å². The lowest BCUT2D eigenvalue weighted by molar-refractivity contribution is -0.131. The van der Waals surface area contributed by atoms with Crippen LogP contribution in [0.15, 0.2) is 12.2 Å². The predicted octanol–water partition coefficient (Wildman–Crippen LogP) is 0.00354. The molecule has 0 aliphatic rings. The van der Waals surface area contributed by atoms with Crippen molar-refractivity contribution in [2.45, 2.75) is 20.4 Å². The quantitative estimate of drug-likeness (QED) is 0.672. The van der Waals surface area contributed by atoms with Crippen molar-refractivity contribution < 1.29 is 19.5 Å². The highest BCUT2D eigenvalue weighted by molar-refractivity contribution is 6.02. The summed E-state index contributed by atoms with van der Waals surface area (Å²) in [5.41, 5.74) is 2.58. The maximum absolute atomic E-state index is 11.4. The molecule has 1 aromatic rings. The number of nitrogens with one attached hydrogen (secondary N) is 2. The van der Waals surface area contributed by atoms with Crippen molar-refractivity contribution in [3.05, 3.63) is 29.1 Å². The number of aryl methyl sites for hydroxylation is 2. The molecule has 0 radical (unpaired) electrons. The van der Waals surface area contributed by atoms with Gasteiger partial charge in [-0.25, -0.2) is 9.59 Å². The van der Waals surface area contributed by atoms with E-state index in [-0.39, 0.29) is 6.54 Å². The van der Waals surface area contributed by atoms with Crippen LogP contribution in [0.1, 0.15) is 17.0 Å². The highest BCUT2D eigenvalue weighted by atomic mass is 16.4. The summed E-state index contributed by atoms with van der Waals surface area (Å²) in [5.74, 6) is -2.06. The van der Waals surface area contributed by atoms with Crippen molar-refractivity contribution in [1.29, 1.82) is 0 Å². The fourth-order valence-corrected chi connectivity index (χ4v) is 1.59. The molecule has 0 unspecified atom stereocenters. The molecule has 1 rings (SSSR count). The van der Waals surface area contributed by atoms with E-state index in [9.17, 15) is 14.4 Å². The van der Waals surface area contributed by atoms with Crippen LogP contribution < -0.4 is 10.6 Å². The SMILES string of the molecule is Cc1nn(C)c(C)c1CNC(=O)NC(=O)C=CC(=O)O. The van der Waals surface area contributed by atoms with Gasteiger partial charge in [0, 0.05) is 37.0 Å². The third-order valence-electron chi connectivity index (χ3n) is 2.70. The molecule has 3 amide bonds. The first kappa shape index (κ1) is 15.4. The molecule has 0 bridgehead atoms. The maximum Gasteiger partial charge on any atom is 0.328 e. The summed E-state index contributed by atoms with van der Waals surface area (Å²) >= 11 is 0.